The van der Waals surface area contributed by atoms with Gasteiger partial charge in [0.05, 0.1) is 13.1 Å². The van der Waals surface area contributed by atoms with Gasteiger partial charge in [-0.2, -0.15) is 0 Å². The minimum absolute atomic E-state index is 0.215. The summed E-state index contributed by atoms with van der Waals surface area (Å²) >= 11 is 0. The highest BCUT2D eigenvalue weighted by Gasteiger charge is 2.28. The van der Waals surface area contributed by atoms with Gasteiger partial charge in [-0.15, -0.1) is 0 Å². The Hall–Kier alpha value is -2.19. The van der Waals surface area contributed by atoms with E-state index in [-0.39, 0.29) is 11.8 Å². The number of aromatic nitrogens is 1. The van der Waals surface area contributed by atoms with E-state index in [2.05, 4.69) is 31.5 Å². The zero-order chi connectivity index (χ0) is 21.6. The number of likely N-dealkylation sites (tertiary alicyclic amines) is 1. The molecule has 8 heteroatoms. The first-order valence-corrected chi connectivity index (χ1v) is 11.8. The second-order valence-electron chi connectivity index (χ2n) is 9.04. The van der Waals surface area contributed by atoms with Crippen molar-refractivity contribution in [3.05, 3.63) is 24.4 Å². The zero-order valence-corrected chi connectivity index (χ0v) is 18.8. The van der Waals surface area contributed by atoms with Crippen molar-refractivity contribution in [3.63, 3.8) is 0 Å². The number of carbonyl (C=O) groups is 2. The van der Waals surface area contributed by atoms with E-state index >= 15 is 0 Å². The molecule has 4 rings (SSSR count). The summed E-state index contributed by atoms with van der Waals surface area (Å²) < 4.78 is 0. The first-order chi connectivity index (χ1) is 15.1. The van der Waals surface area contributed by atoms with E-state index in [4.69, 9.17) is 0 Å². The molecule has 1 unspecified atom stereocenters. The maximum Gasteiger partial charge on any atom is 0.236 e. The average molecular weight is 429 g/mol. The van der Waals surface area contributed by atoms with Gasteiger partial charge in [0, 0.05) is 71.1 Å². The first kappa shape index (κ1) is 22.0. The molecule has 0 radical (unpaired) electrons. The summed E-state index contributed by atoms with van der Waals surface area (Å²) in [7, 11) is 0. The van der Waals surface area contributed by atoms with Crippen LogP contribution in [-0.4, -0.2) is 114 Å². The SMILES string of the molecule is CC1CCCCN1C(=O)CN1CCN(CC(=O)N2CCN(c3ccccn3)CC2)CC1. The Labute approximate surface area is 185 Å². The molecule has 1 aromatic heterocycles. The lowest BCUT2D eigenvalue weighted by Crippen LogP contribution is -2.55. The van der Waals surface area contributed by atoms with Crippen LogP contribution >= 0.6 is 0 Å². The van der Waals surface area contributed by atoms with Crippen LogP contribution < -0.4 is 4.90 Å². The monoisotopic (exact) mass is 428 g/mol. The van der Waals surface area contributed by atoms with Crippen molar-refractivity contribution in [3.8, 4) is 0 Å². The van der Waals surface area contributed by atoms with Crippen molar-refractivity contribution in [2.45, 2.75) is 32.2 Å². The van der Waals surface area contributed by atoms with E-state index in [1.165, 1.54) is 6.42 Å². The van der Waals surface area contributed by atoms with Gasteiger partial charge in [0.25, 0.3) is 0 Å². The molecule has 2 amide bonds. The van der Waals surface area contributed by atoms with Crippen molar-refractivity contribution >= 4 is 17.6 Å². The van der Waals surface area contributed by atoms with Gasteiger partial charge in [-0.3, -0.25) is 19.4 Å². The summed E-state index contributed by atoms with van der Waals surface area (Å²) in [5, 5.41) is 0. The zero-order valence-electron chi connectivity index (χ0n) is 18.8. The molecular weight excluding hydrogens is 392 g/mol. The predicted octanol–water partition coefficient (Wildman–Crippen LogP) is 0.749. The second-order valence-corrected chi connectivity index (χ2v) is 9.04. The summed E-state index contributed by atoms with van der Waals surface area (Å²) in [6, 6.07) is 6.32. The molecule has 1 atom stereocenters. The van der Waals surface area contributed by atoms with Crippen LogP contribution in [0.4, 0.5) is 5.82 Å². The average Bonchev–Trinajstić information content (AvgIpc) is 2.81. The van der Waals surface area contributed by atoms with Gasteiger partial charge in [0.2, 0.25) is 11.8 Å². The van der Waals surface area contributed by atoms with Gasteiger partial charge in [0.15, 0.2) is 0 Å². The molecule has 3 saturated heterocycles. The highest BCUT2D eigenvalue weighted by Crippen LogP contribution is 2.17. The minimum atomic E-state index is 0.215. The summed E-state index contributed by atoms with van der Waals surface area (Å²) in [5.74, 6) is 1.47. The number of piperazine rings is 2. The van der Waals surface area contributed by atoms with E-state index in [0.717, 1.165) is 77.6 Å². The molecule has 4 heterocycles. The Bertz CT molecular complexity index is 729. The number of piperidine rings is 1. The lowest BCUT2D eigenvalue weighted by molar-refractivity contribution is -0.137. The van der Waals surface area contributed by atoms with Gasteiger partial charge >= 0.3 is 0 Å². The molecule has 0 aliphatic carbocycles. The van der Waals surface area contributed by atoms with Gasteiger partial charge < -0.3 is 14.7 Å². The number of nitrogens with zero attached hydrogens (tertiary/aromatic N) is 6. The van der Waals surface area contributed by atoms with Gasteiger partial charge in [-0.1, -0.05) is 6.07 Å². The molecule has 0 N–H and O–H groups in total. The van der Waals surface area contributed by atoms with Gasteiger partial charge in [-0.25, -0.2) is 4.98 Å². The third-order valence-corrected chi connectivity index (χ3v) is 6.91. The van der Waals surface area contributed by atoms with Crippen LogP contribution in [-0.2, 0) is 9.59 Å². The van der Waals surface area contributed by atoms with Crippen molar-refractivity contribution < 1.29 is 9.59 Å². The number of rotatable bonds is 5. The maximum absolute atomic E-state index is 12.8. The second kappa shape index (κ2) is 10.4. The molecule has 0 aromatic carbocycles. The molecule has 3 aliphatic heterocycles. The highest BCUT2D eigenvalue weighted by molar-refractivity contribution is 5.79. The Balaban J connectivity index is 1.16. The number of hydrogen-bond donors (Lipinski definition) is 0. The molecule has 0 saturated carbocycles. The fourth-order valence-electron chi connectivity index (χ4n) is 4.87. The van der Waals surface area contributed by atoms with Crippen LogP contribution in [0.5, 0.6) is 0 Å². The fourth-order valence-corrected chi connectivity index (χ4v) is 4.87. The van der Waals surface area contributed by atoms with Crippen LogP contribution in [0.15, 0.2) is 24.4 Å². The van der Waals surface area contributed by atoms with E-state index < -0.39 is 0 Å². The predicted molar refractivity (Wildman–Crippen MR) is 121 cm³/mol. The normalized spacial score (nSPS) is 23.8. The molecule has 8 nitrogen and oxygen atoms in total. The third-order valence-electron chi connectivity index (χ3n) is 6.91. The largest absolute Gasteiger partial charge is 0.353 e. The van der Waals surface area contributed by atoms with Gasteiger partial charge in [-0.05, 0) is 38.3 Å². The quantitative estimate of drug-likeness (QED) is 0.690. The first-order valence-electron chi connectivity index (χ1n) is 11.8. The molecule has 0 bridgehead atoms. The summed E-state index contributed by atoms with van der Waals surface area (Å²) in [6.45, 7) is 10.6. The van der Waals surface area contributed by atoms with Crippen molar-refractivity contribution in [1.29, 1.82) is 0 Å². The standard InChI is InChI=1S/C23H36N6O2/c1-20-6-3-5-9-29(20)23(31)19-26-12-10-25(11-13-26)18-22(30)28-16-14-27(15-17-28)21-7-2-4-8-24-21/h2,4,7-8,20H,3,5-6,9-19H2,1H3. The summed E-state index contributed by atoms with van der Waals surface area (Å²) in [4.78, 5) is 40.6. The minimum Gasteiger partial charge on any atom is -0.353 e. The van der Waals surface area contributed by atoms with Crippen LogP contribution in [0.3, 0.4) is 0 Å². The number of anilines is 1. The molecule has 1 aromatic rings. The number of pyridine rings is 1. The lowest BCUT2D eigenvalue weighted by Gasteiger charge is -2.39. The Morgan fingerprint density at radius 2 is 1.55 bits per heavy atom. The maximum atomic E-state index is 12.8. The molecule has 31 heavy (non-hydrogen) atoms. The Morgan fingerprint density at radius 3 is 2.16 bits per heavy atom. The molecule has 0 spiro atoms. The fraction of sp³-hybridized carbons (Fsp3) is 0.696. The molecule has 3 aliphatic rings. The number of amides is 2. The van der Waals surface area contributed by atoms with Crippen LogP contribution in [0.2, 0.25) is 0 Å². The Kier molecular flexibility index (Phi) is 7.40. The lowest BCUT2D eigenvalue weighted by atomic mass is 10.0. The van der Waals surface area contributed by atoms with Crippen molar-refractivity contribution in [2.75, 3.05) is 76.9 Å². The van der Waals surface area contributed by atoms with Crippen molar-refractivity contribution in [2.24, 2.45) is 0 Å². The third kappa shape index (κ3) is 5.74. The van der Waals surface area contributed by atoms with Crippen LogP contribution in [0, 0.1) is 0 Å². The van der Waals surface area contributed by atoms with Crippen LogP contribution in [0.25, 0.3) is 0 Å². The number of carbonyl (C=O) groups excluding carboxylic acids is 2. The smallest absolute Gasteiger partial charge is 0.236 e. The number of hydrogen-bond acceptors (Lipinski definition) is 6. The van der Waals surface area contributed by atoms with Crippen molar-refractivity contribution in [1.82, 2.24) is 24.6 Å². The van der Waals surface area contributed by atoms with E-state index in [9.17, 15) is 9.59 Å². The highest BCUT2D eigenvalue weighted by atomic mass is 16.2. The molecular formula is C23H36N6O2. The van der Waals surface area contributed by atoms with E-state index in [0.29, 0.717) is 19.1 Å². The molecule has 3 fully saturated rings. The van der Waals surface area contributed by atoms with Gasteiger partial charge in [0.1, 0.15) is 5.82 Å². The Morgan fingerprint density at radius 1 is 0.871 bits per heavy atom. The summed E-state index contributed by atoms with van der Waals surface area (Å²) in [5.41, 5.74) is 0. The van der Waals surface area contributed by atoms with E-state index in [1.807, 2.05) is 29.3 Å². The van der Waals surface area contributed by atoms with E-state index in [1.54, 1.807) is 0 Å². The van der Waals surface area contributed by atoms with Crippen LogP contribution in [0.1, 0.15) is 26.2 Å². The topological polar surface area (TPSA) is 63.2 Å². The molecule has 170 valence electrons. The summed E-state index contributed by atoms with van der Waals surface area (Å²) in [6.07, 6.45) is 5.29.